The second-order valence-electron chi connectivity index (χ2n) is 8.57. The molecule has 3 rings (SSSR count). The van der Waals surface area contributed by atoms with E-state index in [1.54, 1.807) is 12.1 Å². The summed E-state index contributed by atoms with van der Waals surface area (Å²) in [6.45, 7) is 10.4. The molecule has 0 aromatic heterocycles. The Morgan fingerprint density at radius 3 is 1.47 bits per heavy atom. The minimum atomic E-state index is -0.0724. The van der Waals surface area contributed by atoms with Crippen molar-refractivity contribution in [2.45, 2.75) is 53.4 Å². The van der Waals surface area contributed by atoms with Gasteiger partial charge in [-0.25, -0.2) is 0 Å². The number of anilines is 2. The van der Waals surface area contributed by atoms with Gasteiger partial charge in [0, 0.05) is 35.6 Å². The molecule has 1 aliphatic carbocycles. The smallest absolute Gasteiger partial charge is 0.196 e. The number of benzene rings is 2. The molecule has 30 heavy (non-hydrogen) atoms. The highest BCUT2D eigenvalue weighted by molar-refractivity contribution is 6.31. The molecule has 0 radical (unpaired) electrons. The fourth-order valence-corrected chi connectivity index (χ4v) is 3.85. The molecule has 4 heteroatoms. The minimum absolute atomic E-state index is 0.0724. The molecule has 160 valence electrons. The van der Waals surface area contributed by atoms with Gasteiger partial charge in [0.1, 0.15) is 0 Å². The molecular formula is C26H34N2O2. The van der Waals surface area contributed by atoms with E-state index in [-0.39, 0.29) is 11.6 Å². The highest BCUT2D eigenvalue weighted by Crippen LogP contribution is 2.35. The van der Waals surface area contributed by atoms with Crippen molar-refractivity contribution in [2.75, 3.05) is 23.7 Å². The van der Waals surface area contributed by atoms with Gasteiger partial charge in [-0.05, 0) is 36.8 Å². The van der Waals surface area contributed by atoms with Crippen molar-refractivity contribution in [1.82, 2.24) is 0 Å². The van der Waals surface area contributed by atoms with Crippen molar-refractivity contribution in [3.05, 3.63) is 58.7 Å². The Labute approximate surface area is 180 Å². The number of hydrogen-bond donors (Lipinski definition) is 2. The van der Waals surface area contributed by atoms with Gasteiger partial charge in [0.05, 0.1) is 11.1 Å². The Balaban J connectivity index is 1.87. The monoisotopic (exact) mass is 406 g/mol. The summed E-state index contributed by atoms with van der Waals surface area (Å²) in [5.74, 6) is 1.10. The van der Waals surface area contributed by atoms with E-state index >= 15 is 0 Å². The van der Waals surface area contributed by atoms with Gasteiger partial charge in [0.15, 0.2) is 11.6 Å². The second kappa shape index (κ2) is 9.92. The van der Waals surface area contributed by atoms with Crippen LogP contribution in [-0.2, 0) is 0 Å². The van der Waals surface area contributed by atoms with E-state index in [4.69, 9.17) is 0 Å². The normalized spacial score (nSPS) is 14.7. The molecule has 2 unspecified atom stereocenters. The molecule has 0 bridgehead atoms. The van der Waals surface area contributed by atoms with E-state index in [0.29, 0.717) is 34.1 Å². The summed E-state index contributed by atoms with van der Waals surface area (Å²) < 4.78 is 0. The van der Waals surface area contributed by atoms with Crippen LogP contribution in [0.25, 0.3) is 0 Å². The Morgan fingerprint density at radius 1 is 0.700 bits per heavy atom. The number of hydrogen-bond acceptors (Lipinski definition) is 4. The molecule has 0 saturated carbocycles. The molecule has 1 aliphatic rings. The zero-order valence-electron chi connectivity index (χ0n) is 18.7. The average molecular weight is 407 g/mol. The predicted molar refractivity (Wildman–Crippen MR) is 125 cm³/mol. The third-order valence-corrected chi connectivity index (χ3v) is 6.37. The Bertz CT molecular complexity index is 844. The van der Waals surface area contributed by atoms with Gasteiger partial charge in [0.25, 0.3) is 0 Å². The Kier molecular flexibility index (Phi) is 7.30. The molecule has 0 saturated heterocycles. The van der Waals surface area contributed by atoms with Crippen LogP contribution in [-0.4, -0.2) is 24.7 Å². The first-order valence-corrected chi connectivity index (χ1v) is 11.3. The first kappa shape index (κ1) is 22.1. The summed E-state index contributed by atoms with van der Waals surface area (Å²) in [7, 11) is 0. The number of fused-ring (bicyclic) bond motifs is 2. The van der Waals surface area contributed by atoms with Crippen LogP contribution in [0.2, 0.25) is 0 Å². The van der Waals surface area contributed by atoms with Gasteiger partial charge in [-0.2, -0.15) is 0 Å². The van der Waals surface area contributed by atoms with Crippen LogP contribution in [0, 0.1) is 11.8 Å². The predicted octanol–water partition coefficient (Wildman–Crippen LogP) is 6.16. The second-order valence-corrected chi connectivity index (χ2v) is 8.57. The Morgan fingerprint density at radius 2 is 1.10 bits per heavy atom. The summed E-state index contributed by atoms with van der Waals surface area (Å²) in [4.78, 5) is 26.8. The van der Waals surface area contributed by atoms with Crippen LogP contribution < -0.4 is 10.6 Å². The zero-order valence-corrected chi connectivity index (χ0v) is 18.7. The lowest BCUT2D eigenvalue weighted by atomic mass is 9.82. The van der Waals surface area contributed by atoms with Crippen LogP contribution in [0.1, 0.15) is 85.2 Å². The van der Waals surface area contributed by atoms with Crippen LogP contribution >= 0.6 is 0 Å². The van der Waals surface area contributed by atoms with Gasteiger partial charge < -0.3 is 10.6 Å². The number of ketones is 2. The SMILES string of the molecule is CCC(C)CCNc1cccc2c1C(=O)c1cccc(NCCC(C)CC)c1C2=O. The van der Waals surface area contributed by atoms with E-state index in [1.165, 1.54) is 0 Å². The lowest BCUT2D eigenvalue weighted by Gasteiger charge is -2.23. The quantitative estimate of drug-likeness (QED) is 0.423. The molecule has 2 atom stereocenters. The van der Waals surface area contributed by atoms with Crippen molar-refractivity contribution in [3.8, 4) is 0 Å². The summed E-state index contributed by atoms with van der Waals surface area (Å²) in [6.07, 6.45) is 4.32. The highest BCUT2D eigenvalue weighted by atomic mass is 16.1. The maximum Gasteiger partial charge on any atom is 0.196 e. The standard InChI is InChI=1S/C26H34N2O2/c1-5-17(3)13-15-27-21-11-7-9-19-23(21)25(29)20-10-8-12-22(24(20)26(19)30)28-16-14-18(4)6-2/h7-12,17-18,27-28H,5-6,13-16H2,1-4H3. The van der Waals surface area contributed by atoms with E-state index < -0.39 is 0 Å². The van der Waals surface area contributed by atoms with Gasteiger partial charge in [-0.3, -0.25) is 9.59 Å². The lowest BCUT2D eigenvalue weighted by Crippen LogP contribution is -2.24. The summed E-state index contributed by atoms with van der Waals surface area (Å²) in [6, 6.07) is 11.1. The van der Waals surface area contributed by atoms with Crippen molar-refractivity contribution >= 4 is 22.9 Å². The molecule has 2 aromatic carbocycles. The van der Waals surface area contributed by atoms with Crippen molar-refractivity contribution < 1.29 is 9.59 Å². The van der Waals surface area contributed by atoms with Crippen molar-refractivity contribution in [3.63, 3.8) is 0 Å². The molecular weight excluding hydrogens is 372 g/mol. The maximum absolute atomic E-state index is 13.4. The van der Waals surface area contributed by atoms with Crippen LogP contribution in [0.3, 0.4) is 0 Å². The molecule has 0 fully saturated rings. The summed E-state index contributed by atoms with van der Waals surface area (Å²) >= 11 is 0. The van der Waals surface area contributed by atoms with Crippen molar-refractivity contribution in [1.29, 1.82) is 0 Å². The molecule has 0 amide bonds. The topological polar surface area (TPSA) is 58.2 Å². The highest BCUT2D eigenvalue weighted by Gasteiger charge is 2.33. The molecule has 0 heterocycles. The van der Waals surface area contributed by atoms with Crippen LogP contribution in [0.15, 0.2) is 36.4 Å². The number of carbonyl (C=O) groups is 2. The third-order valence-electron chi connectivity index (χ3n) is 6.37. The zero-order chi connectivity index (χ0) is 21.7. The number of carbonyl (C=O) groups excluding carboxylic acids is 2. The number of rotatable bonds is 10. The molecule has 0 spiro atoms. The molecule has 0 aliphatic heterocycles. The minimum Gasteiger partial charge on any atom is -0.384 e. The summed E-state index contributed by atoms with van der Waals surface area (Å²) in [5, 5.41) is 6.80. The molecule has 4 nitrogen and oxygen atoms in total. The van der Waals surface area contributed by atoms with E-state index in [2.05, 4.69) is 38.3 Å². The van der Waals surface area contributed by atoms with Gasteiger partial charge in [-0.1, -0.05) is 64.8 Å². The van der Waals surface area contributed by atoms with Gasteiger partial charge in [0.2, 0.25) is 0 Å². The van der Waals surface area contributed by atoms with Gasteiger partial charge >= 0.3 is 0 Å². The average Bonchev–Trinajstić information content (AvgIpc) is 2.76. The van der Waals surface area contributed by atoms with E-state index in [9.17, 15) is 9.59 Å². The van der Waals surface area contributed by atoms with Crippen LogP contribution in [0.5, 0.6) is 0 Å². The van der Waals surface area contributed by atoms with Gasteiger partial charge in [-0.15, -0.1) is 0 Å². The van der Waals surface area contributed by atoms with E-state index in [1.807, 2.05) is 24.3 Å². The number of nitrogens with one attached hydrogen (secondary N) is 2. The summed E-state index contributed by atoms with van der Waals surface area (Å²) in [5.41, 5.74) is 3.53. The molecule has 2 aromatic rings. The first-order chi connectivity index (χ1) is 14.5. The molecule has 2 N–H and O–H groups in total. The lowest BCUT2D eigenvalue weighted by molar-refractivity contribution is 0.0980. The largest absolute Gasteiger partial charge is 0.384 e. The first-order valence-electron chi connectivity index (χ1n) is 11.3. The Hall–Kier alpha value is -2.62. The fourth-order valence-electron chi connectivity index (χ4n) is 3.85. The van der Waals surface area contributed by atoms with E-state index in [0.717, 1.165) is 50.1 Å². The van der Waals surface area contributed by atoms with Crippen molar-refractivity contribution in [2.24, 2.45) is 11.8 Å². The maximum atomic E-state index is 13.4. The third kappa shape index (κ3) is 4.58. The van der Waals surface area contributed by atoms with Crippen LogP contribution in [0.4, 0.5) is 11.4 Å². The fraction of sp³-hybridized carbons (Fsp3) is 0.462.